The lowest BCUT2D eigenvalue weighted by molar-refractivity contribution is 0.578. The molecule has 0 radical (unpaired) electrons. The van der Waals surface area contributed by atoms with Crippen molar-refractivity contribution in [2.24, 2.45) is 0 Å². The minimum Gasteiger partial charge on any atom is -0.461 e. The Kier molecular flexibility index (Phi) is 2.19. The van der Waals surface area contributed by atoms with Crippen molar-refractivity contribution in [2.45, 2.75) is 13.8 Å². The smallest absolute Gasteiger partial charge is 0.138 e. The molecule has 2 heterocycles. The summed E-state index contributed by atoms with van der Waals surface area (Å²) in [5, 5.41) is 2.06. The van der Waals surface area contributed by atoms with Crippen LogP contribution in [0.3, 0.4) is 0 Å². The lowest BCUT2D eigenvalue weighted by atomic mass is 10.2. The Morgan fingerprint density at radius 3 is 2.76 bits per heavy atom. The number of aryl methyl sites for hydroxylation is 2. The fourth-order valence-electron chi connectivity index (χ4n) is 1.84. The van der Waals surface area contributed by atoms with Gasteiger partial charge in [-0.25, -0.2) is 4.98 Å². The molecule has 86 valence electrons. The second-order valence-corrected chi connectivity index (χ2v) is 5.27. The molecule has 3 nitrogen and oxygen atoms in total. The van der Waals surface area contributed by atoms with Crippen LogP contribution < -0.4 is 5.73 Å². The van der Waals surface area contributed by atoms with Crippen molar-refractivity contribution in [1.82, 2.24) is 4.98 Å². The maximum absolute atomic E-state index is 5.78. The van der Waals surface area contributed by atoms with E-state index in [0.29, 0.717) is 5.82 Å². The summed E-state index contributed by atoms with van der Waals surface area (Å²) in [6.07, 6.45) is 0. The van der Waals surface area contributed by atoms with Gasteiger partial charge >= 0.3 is 0 Å². The highest BCUT2D eigenvalue weighted by atomic mass is 32.1. The van der Waals surface area contributed by atoms with Gasteiger partial charge in [-0.05, 0) is 38.1 Å². The molecule has 0 aliphatic rings. The van der Waals surface area contributed by atoms with Crippen LogP contribution in [0.4, 0.5) is 5.82 Å². The highest BCUT2D eigenvalue weighted by Crippen LogP contribution is 2.31. The van der Waals surface area contributed by atoms with Gasteiger partial charge in [-0.15, -0.1) is 11.3 Å². The van der Waals surface area contributed by atoms with Crippen LogP contribution in [0.25, 0.3) is 21.5 Å². The number of hydrogen-bond donors (Lipinski definition) is 1. The normalized spacial score (nSPS) is 11.2. The van der Waals surface area contributed by atoms with Gasteiger partial charge in [0, 0.05) is 15.8 Å². The van der Waals surface area contributed by atoms with Crippen LogP contribution in [-0.4, -0.2) is 4.98 Å². The zero-order valence-corrected chi connectivity index (χ0v) is 10.5. The third-order valence-corrected chi connectivity index (χ3v) is 3.75. The van der Waals surface area contributed by atoms with Gasteiger partial charge in [-0.1, -0.05) is 0 Å². The Bertz CT molecular complexity index is 677. The number of thiazole rings is 1. The van der Waals surface area contributed by atoms with Crippen LogP contribution in [0.5, 0.6) is 0 Å². The van der Waals surface area contributed by atoms with E-state index in [4.69, 9.17) is 10.2 Å². The van der Waals surface area contributed by atoms with Gasteiger partial charge in [0.25, 0.3) is 0 Å². The van der Waals surface area contributed by atoms with E-state index in [0.717, 1.165) is 32.2 Å². The van der Waals surface area contributed by atoms with Gasteiger partial charge in [0.05, 0.1) is 0 Å². The van der Waals surface area contributed by atoms with Crippen molar-refractivity contribution in [3.8, 4) is 10.6 Å². The summed E-state index contributed by atoms with van der Waals surface area (Å²) in [5.41, 5.74) is 7.77. The number of nitrogens with two attached hydrogens (primary N) is 1. The molecule has 2 aromatic heterocycles. The van der Waals surface area contributed by atoms with Crippen LogP contribution >= 0.6 is 11.3 Å². The average Bonchev–Trinajstić information content (AvgIpc) is 2.80. The molecule has 2 N–H and O–H groups in total. The van der Waals surface area contributed by atoms with E-state index in [-0.39, 0.29) is 0 Å². The zero-order chi connectivity index (χ0) is 12.0. The quantitative estimate of drug-likeness (QED) is 0.709. The molecule has 0 amide bonds. The van der Waals surface area contributed by atoms with Crippen LogP contribution in [0, 0.1) is 13.8 Å². The standard InChI is InChI=1S/C13H12N2OS/c1-7-5-10-6-9(3-4-11(10)16-7)13-15-12(14)8(2)17-13/h3-6H,14H2,1-2H3. The Morgan fingerprint density at radius 2 is 2.06 bits per heavy atom. The van der Waals surface area contributed by atoms with Gasteiger partial charge in [-0.3, -0.25) is 0 Å². The maximum atomic E-state index is 5.78. The second kappa shape index (κ2) is 3.60. The number of rotatable bonds is 1. The van der Waals surface area contributed by atoms with E-state index in [2.05, 4.69) is 11.1 Å². The molecule has 0 fully saturated rings. The van der Waals surface area contributed by atoms with E-state index < -0.39 is 0 Å². The molecule has 0 saturated heterocycles. The lowest BCUT2D eigenvalue weighted by Crippen LogP contribution is -1.85. The number of benzene rings is 1. The molecule has 0 aliphatic carbocycles. The topological polar surface area (TPSA) is 52.0 Å². The first kappa shape index (κ1) is 10.4. The zero-order valence-electron chi connectivity index (χ0n) is 9.65. The molecular formula is C13H12N2OS. The van der Waals surface area contributed by atoms with Crippen molar-refractivity contribution in [1.29, 1.82) is 0 Å². The molecule has 0 bridgehead atoms. The van der Waals surface area contributed by atoms with Crippen LogP contribution in [0.2, 0.25) is 0 Å². The average molecular weight is 244 g/mol. The van der Waals surface area contributed by atoms with Crippen LogP contribution in [0.1, 0.15) is 10.6 Å². The molecule has 4 heteroatoms. The van der Waals surface area contributed by atoms with Crippen molar-refractivity contribution in [2.75, 3.05) is 5.73 Å². The summed E-state index contributed by atoms with van der Waals surface area (Å²) in [4.78, 5) is 5.42. The van der Waals surface area contributed by atoms with E-state index in [1.165, 1.54) is 0 Å². The molecule has 0 unspecified atom stereocenters. The third kappa shape index (κ3) is 1.70. The highest BCUT2D eigenvalue weighted by molar-refractivity contribution is 7.15. The van der Waals surface area contributed by atoms with Gasteiger partial charge in [0.15, 0.2) is 0 Å². The van der Waals surface area contributed by atoms with Gasteiger partial charge in [0.1, 0.15) is 22.2 Å². The molecule has 0 saturated carbocycles. The fourth-order valence-corrected chi connectivity index (χ4v) is 2.67. The van der Waals surface area contributed by atoms with E-state index >= 15 is 0 Å². The highest BCUT2D eigenvalue weighted by Gasteiger charge is 2.08. The first-order valence-electron chi connectivity index (χ1n) is 5.37. The fraction of sp³-hybridized carbons (Fsp3) is 0.154. The molecule has 17 heavy (non-hydrogen) atoms. The molecule has 3 aromatic rings. The molecule has 3 rings (SSSR count). The van der Waals surface area contributed by atoms with E-state index in [9.17, 15) is 0 Å². The minimum absolute atomic E-state index is 0.619. The van der Waals surface area contributed by atoms with E-state index in [1.54, 1.807) is 11.3 Å². The number of hydrogen-bond acceptors (Lipinski definition) is 4. The Balaban J connectivity index is 2.16. The number of nitrogens with zero attached hydrogens (tertiary/aromatic N) is 1. The molecule has 0 atom stereocenters. The molecular weight excluding hydrogens is 232 g/mol. The summed E-state index contributed by atoms with van der Waals surface area (Å²) in [5.74, 6) is 1.54. The van der Waals surface area contributed by atoms with E-state index in [1.807, 2.05) is 32.0 Å². The van der Waals surface area contributed by atoms with Crippen LogP contribution in [0.15, 0.2) is 28.7 Å². The summed E-state index contributed by atoms with van der Waals surface area (Å²) in [7, 11) is 0. The van der Waals surface area contributed by atoms with Crippen molar-refractivity contribution >= 4 is 28.1 Å². The number of aromatic nitrogens is 1. The lowest BCUT2D eigenvalue weighted by Gasteiger charge is -1.95. The van der Waals surface area contributed by atoms with Crippen molar-refractivity contribution in [3.63, 3.8) is 0 Å². The third-order valence-electron chi connectivity index (χ3n) is 2.72. The maximum Gasteiger partial charge on any atom is 0.138 e. The van der Waals surface area contributed by atoms with Crippen molar-refractivity contribution in [3.05, 3.63) is 34.9 Å². The van der Waals surface area contributed by atoms with Crippen molar-refractivity contribution < 1.29 is 4.42 Å². The molecule has 0 spiro atoms. The first-order chi connectivity index (χ1) is 8.13. The monoisotopic (exact) mass is 244 g/mol. The summed E-state index contributed by atoms with van der Waals surface area (Å²) in [6, 6.07) is 8.11. The summed E-state index contributed by atoms with van der Waals surface area (Å²) >= 11 is 1.62. The largest absolute Gasteiger partial charge is 0.461 e. The molecule has 0 aliphatic heterocycles. The van der Waals surface area contributed by atoms with Gasteiger partial charge in [-0.2, -0.15) is 0 Å². The molecule has 1 aromatic carbocycles. The minimum atomic E-state index is 0.619. The number of fused-ring (bicyclic) bond motifs is 1. The number of nitrogen functional groups attached to an aromatic ring is 1. The summed E-state index contributed by atoms with van der Waals surface area (Å²) in [6.45, 7) is 3.93. The van der Waals surface area contributed by atoms with Crippen LogP contribution in [-0.2, 0) is 0 Å². The predicted octanol–water partition coefficient (Wildman–Crippen LogP) is 3.76. The number of furan rings is 1. The Labute approximate surface area is 103 Å². The Hall–Kier alpha value is -1.81. The van der Waals surface area contributed by atoms with Gasteiger partial charge < -0.3 is 10.2 Å². The Morgan fingerprint density at radius 1 is 1.24 bits per heavy atom. The predicted molar refractivity (Wildman–Crippen MR) is 71.2 cm³/mol. The summed E-state index contributed by atoms with van der Waals surface area (Å²) < 4.78 is 5.55. The number of anilines is 1. The SMILES string of the molecule is Cc1cc2cc(-c3nc(N)c(C)s3)ccc2o1. The van der Waals surface area contributed by atoms with Gasteiger partial charge in [0.2, 0.25) is 0 Å². The second-order valence-electron chi connectivity index (χ2n) is 4.07. The first-order valence-corrected chi connectivity index (χ1v) is 6.18.